The lowest BCUT2D eigenvalue weighted by atomic mass is 10.0. The van der Waals surface area contributed by atoms with E-state index in [-0.39, 0.29) is 6.04 Å². The Morgan fingerprint density at radius 2 is 1.68 bits per heavy atom. The van der Waals surface area contributed by atoms with Crippen molar-refractivity contribution in [1.82, 2.24) is 15.1 Å². The van der Waals surface area contributed by atoms with E-state index in [1.54, 1.807) is 0 Å². The lowest BCUT2D eigenvalue weighted by Crippen LogP contribution is -2.27. The molecule has 130 valence electrons. The molecule has 0 aliphatic heterocycles. The Labute approximate surface area is 149 Å². The summed E-state index contributed by atoms with van der Waals surface area (Å²) in [6, 6.07) is 20.3. The molecule has 4 nitrogen and oxygen atoms in total. The number of aliphatic hydroxyl groups is 1. The van der Waals surface area contributed by atoms with Gasteiger partial charge in [-0.25, -0.2) is 0 Å². The zero-order valence-electron chi connectivity index (χ0n) is 14.5. The molecule has 2 N–H and O–H groups in total. The number of hydrogen-bond donors (Lipinski definition) is 2. The van der Waals surface area contributed by atoms with Gasteiger partial charge >= 0.3 is 0 Å². The number of nitrogens with one attached hydrogen (secondary N) is 1. The number of rotatable bonds is 8. The number of aromatic nitrogens is 2. The van der Waals surface area contributed by atoms with Crippen LogP contribution in [-0.2, 0) is 13.1 Å². The highest BCUT2D eigenvalue weighted by atomic mass is 16.3. The maximum absolute atomic E-state index is 10.3. The van der Waals surface area contributed by atoms with E-state index in [1.165, 1.54) is 5.56 Å². The van der Waals surface area contributed by atoms with Crippen LogP contribution in [0.15, 0.2) is 73.1 Å². The SMILES string of the molecule is CC(CC(O)c1ccccc1)NCc1cnn(Cc2ccccc2)c1. The number of hydrogen-bond acceptors (Lipinski definition) is 3. The van der Waals surface area contributed by atoms with Gasteiger partial charge in [0.15, 0.2) is 0 Å². The summed E-state index contributed by atoms with van der Waals surface area (Å²) in [5.41, 5.74) is 3.35. The lowest BCUT2D eigenvalue weighted by molar-refractivity contribution is 0.154. The predicted molar refractivity (Wildman–Crippen MR) is 100 cm³/mol. The molecule has 0 saturated heterocycles. The molecule has 4 heteroatoms. The van der Waals surface area contributed by atoms with Gasteiger partial charge in [0.05, 0.1) is 18.8 Å². The molecular weight excluding hydrogens is 310 g/mol. The van der Waals surface area contributed by atoms with Gasteiger partial charge in [-0.1, -0.05) is 60.7 Å². The van der Waals surface area contributed by atoms with Crippen molar-refractivity contribution in [1.29, 1.82) is 0 Å². The quantitative estimate of drug-likeness (QED) is 0.662. The first-order valence-electron chi connectivity index (χ1n) is 8.72. The van der Waals surface area contributed by atoms with Gasteiger partial charge in [0.1, 0.15) is 0 Å². The Bertz CT molecular complexity index is 755. The summed E-state index contributed by atoms with van der Waals surface area (Å²) in [6.07, 6.45) is 4.21. The van der Waals surface area contributed by atoms with E-state index in [4.69, 9.17) is 0 Å². The van der Waals surface area contributed by atoms with E-state index in [1.807, 2.05) is 59.4 Å². The van der Waals surface area contributed by atoms with Gasteiger partial charge in [0.25, 0.3) is 0 Å². The Balaban J connectivity index is 1.47. The maximum atomic E-state index is 10.3. The van der Waals surface area contributed by atoms with Crippen LogP contribution in [0.1, 0.15) is 36.1 Å². The highest BCUT2D eigenvalue weighted by molar-refractivity contribution is 5.17. The van der Waals surface area contributed by atoms with Gasteiger partial charge in [-0.05, 0) is 24.5 Å². The van der Waals surface area contributed by atoms with Crippen LogP contribution in [0.25, 0.3) is 0 Å². The minimum absolute atomic E-state index is 0.215. The number of aliphatic hydroxyl groups excluding tert-OH is 1. The largest absolute Gasteiger partial charge is 0.388 e. The number of nitrogens with zero attached hydrogens (tertiary/aromatic N) is 2. The molecule has 0 aliphatic rings. The summed E-state index contributed by atoms with van der Waals surface area (Å²) in [4.78, 5) is 0. The molecule has 0 amide bonds. The topological polar surface area (TPSA) is 50.1 Å². The first kappa shape index (κ1) is 17.4. The molecule has 0 aliphatic carbocycles. The van der Waals surface area contributed by atoms with Crippen LogP contribution in [0.2, 0.25) is 0 Å². The summed E-state index contributed by atoms with van der Waals surface area (Å²) in [5, 5.41) is 18.2. The summed E-state index contributed by atoms with van der Waals surface area (Å²) in [7, 11) is 0. The van der Waals surface area contributed by atoms with Crippen molar-refractivity contribution in [3.05, 3.63) is 89.7 Å². The van der Waals surface area contributed by atoms with Crippen molar-refractivity contribution in [3.8, 4) is 0 Å². The van der Waals surface area contributed by atoms with Crippen LogP contribution in [0.4, 0.5) is 0 Å². The molecule has 0 saturated carbocycles. The summed E-state index contributed by atoms with van der Waals surface area (Å²) < 4.78 is 1.95. The van der Waals surface area contributed by atoms with Crippen molar-refractivity contribution < 1.29 is 5.11 Å². The van der Waals surface area contributed by atoms with Crippen LogP contribution in [-0.4, -0.2) is 20.9 Å². The summed E-state index contributed by atoms with van der Waals surface area (Å²) >= 11 is 0. The third-order valence-electron chi connectivity index (χ3n) is 4.29. The van der Waals surface area contributed by atoms with Crippen LogP contribution >= 0.6 is 0 Å². The van der Waals surface area contributed by atoms with Crippen LogP contribution < -0.4 is 5.32 Å². The van der Waals surface area contributed by atoms with Gasteiger partial charge in [0.2, 0.25) is 0 Å². The third kappa shape index (κ3) is 5.28. The standard InChI is InChI=1S/C21H25N3O/c1-17(12-21(25)20-10-6-3-7-11-20)22-13-19-14-23-24(16-19)15-18-8-4-2-5-9-18/h2-11,14,16-17,21-22,25H,12-13,15H2,1H3. The minimum Gasteiger partial charge on any atom is -0.388 e. The molecule has 2 aromatic carbocycles. The van der Waals surface area contributed by atoms with E-state index in [2.05, 4.69) is 35.7 Å². The number of benzene rings is 2. The smallest absolute Gasteiger partial charge is 0.0804 e. The van der Waals surface area contributed by atoms with Gasteiger partial charge in [-0.15, -0.1) is 0 Å². The van der Waals surface area contributed by atoms with Gasteiger partial charge in [-0.2, -0.15) is 5.10 Å². The Morgan fingerprint density at radius 3 is 2.40 bits per heavy atom. The molecule has 0 spiro atoms. The molecule has 0 fully saturated rings. The molecule has 1 heterocycles. The normalized spacial score (nSPS) is 13.5. The average Bonchev–Trinajstić information content (AvgIpc) is 3.09. The predicted octanol–water partition coefficient (Wildman–Crippen LogP) is 3.53. The van der Waals surface area contributed by atoms with Gasteiger partial charge in [-0.3, -0.25) is 4.68 Å². The summed E-state index contributed by atoms with van der Waals surface area (Å²) in [5.74, 6) is 0. The van der Waals surface area contributed by atoms with E-state index in [0.717, 1.165) is 24.2 Å². The molecular formula is C21H25N3O. The average molecular weight is 335 g/mol. The lowest BCUT2D eigenvalue weighted by Gasteiger charge is -2.17. The second-order valence-corrected chi connectivity index (χ2v) is 6.48. The zero-order valence-corrected chi connectivity index (χ0v) is 14.5. The fraction of sp³-hybridized carbons (Fsp3) is 0.286. The molecule has 1 aromatic heterocycles. The molecule has 0 bridgehead atoms. The van der Waals surface area contributed by atoms with Crippen molar-refractivity contribution in [2.75, 3.05) is 0 Å². The summed E-state index contributed by atoms with van der Waals surface area (Å²) in [6.45, 7) is 3.63. The van der Waals surface area contributed by atoms with Crippen molar-refractivity contribution >= 4 is 0 Å². The zero-order chi connectivity index (χ0) is 17.5. The Morgan fingerprint density at radius 1 is 1.00 bits per heavy atom. The highest BCUT2D eigenvalue weighted by Crippen LogP contribution is 2.17. The van der Waals surface area contributed by atoms with Crippen LogP contribution in [0.3, 0.4) is 0 Å². The highest BCUT2D eigenvalue weighted by Gasteiger charge is 2.12. The monoisotopic (exact) mass is 335 g/mol. The second kappa shape index (κ2) is 8.60. The van der Waals surface area contributed by atoms with E-state index in [9.17, 15) is 5.11 Å². The molecule has 2 unspecified atom stereocenters. The van der Waals surface area contributed by atoms with Crippen LogP contribution in [0, 0.1) is 0 Å². The first-order valence-corrected chi connectivity index (χ1v) is 8.72. The molecule has 0 radical (unpaired) electrons. The van der Waals surface area contributed by atoms with E-state index in [0.29, 0.717) is 6.42 Å². The Kier molecular flexibility index (Phi) is 5.99. The second-order valence-electron chi connectivity index (χ2n) is 6.48. The minimum atomic E-state index is -0.440. The molecule has 3 rings (SSSR count). The molecule has 25 heavy (non-hydrogen) atoms. The maximum Gasteiger partial charge on any atom is 0.0804 e. The molecule has 3 aromatic rings. The van der Waals surface area contributed by atoms with Gasteiger partial charge < -0.3 is 10.4 Å². The van der Waals surface area contributed by atoms with E-state index < -0.39 is 6.10 Å². The Hall–Kier alpha value is -2.43. The first-order chi connectivity index (χ1) is 12.2. The van der Waals surface area contributed by atoms with Gasteiger partial charge in [0, 0.05) is 24.3 Å². The van der Waals surface area contributed by atoms with Crippen LogP contribution in [0.5, 0.6) is 0 Å². The third-order valence-corrected chi connectivity index (χ3v) is 4.29. The van der Waals surface area contributed by atoms with Crippen molar-refractivity contribution in [2.45, 2.75) is 38.6 Å². The van der Waals surface area contributed by atoms with E-state index >= 15 is 0 Å². The fourth-order valence-corrected chi connectivity index (χ4v) is 2.88. The molecule has 2 atom stereocenters. The van der Waals surface area contributed by atoms with Crippen molar-refractivity contribution in [3.63, 3.8) is 0 Å². The van der Waals surface area contributed by atoms with Crippen molar-refractivity contribution in [2.24, 2.45) is 0 Å². The fourth-order valence-electron chi connectivity index (χ4n) is 2.88.